The molecular weight excluding hydrogens is 242 g/mol. The highest BCUT2D eigenvalue weighted by molar-refractivity contribution is 5.99. The zero-order chi connectivity index (χ0) is 14.2. The number of aromatic nitrogens is 2. The number of benzene rings is 1. The summed E-state index contributed by atoms with van der Waals surface area (Å²) in [6.07, 6.45) is 0. The van der Waals surface area contributed by atoms with Gasteiger partial charge in [0.1, 0.15) is 11.4 Å². The standard InChI is InChI=1S/C14H17N3O2/c1-8-14(9(2)17(4)16-8)19-11-5-6-12(10(3)18)13(15)7-11/h5-7H,15H2,1-4H3. The molecule has 0 saturated carbocycles. The Morgan fingerprint density at radius 2 is 2.05 bits per heavy atom. The molecule has 2 rings (SSSR count). The number of Topliss-reactive ketones (excluding diaryl/α,β-unsaturated/α-hetero) is 1. The van der Waals surface area contributed by atoms with Crippen LogP contribution in [0.5, 0.6) is 11.5 Å². The van der Waals surface area contributed by atoms with Crippen molar-refractivity contribution in [2.75, 3.05) is 5.73 Å². The molecule has 0 bridgehead atoms. The highest BCUT2D eigenvalue weighted by Crippen LogP contribution is 2.30. The molecule has 1 heterocycles. The summed E-state index contributed by atoms with van der Waals surface area (Å²) in [6, 6.07) is 5.07. The van der Waals surface area contributed by atoms with Crippen LogP contribution in [0.3, 0.4) is 0 Å². The summed E-state index contributed by atoms with van der Waals surface area (Å²) in [7, 11) is 1.86. The van der Waals surface area contributed by atoms with Crippen LogP contribution in [0.25, 0.3) is 0 Å². The molecule has 19 heavy (non-hydrogen) atoms. The smallest absolute Gasteiger partial charge is 0.171 e. The molecule has 5 nitrogen and oxygen atoms in total. The van der Waals surface area contributed by atoms with Gasteiger partial charge in [-0.3, -0.25) is 9.48 Å². The number of hydrogen-bond acceptors (Lipinski definition) is 4. The van der Waals surface area contributed by atoms with Crippen molar-refractivity contribution in [3.05, 3.63) is 35.2 Å². The normalized spacial score (nSPS) is 10.5. The predicted molar refractivity (Wildman–Crippen MR) is 73.6 cm³/mol. The lowest BCUT2D eigenvalue weighted by Gasteiger charge is -2.08. The van der Waals surface area contributed by atoms with Crippen molar-refractivity contribution in [3.8, 4) is 11.5 Å². The fourth-order valence-electron chi connectivity index (χ4n) is 1.94. The molecule has 2 N–H and O–H groups in total. The maximum Gasteiger partial charge on any atom is 0.171 e. The quantitative estimate of drug-likeness (QED) is 0.679. The lowest BCUT2D eigenvalue weighted by atomic mass is 10.1. The van der Waals surface area contributed by atoms with Crippen LogP contribution in [0.1, 0.15) is 28.7 Å². The molecule has 0 unspecified atom stereocenters. The molecule has 0 spiro atoms. The Morgan fingerprint density at radius 1 is 1.37 bits per heavy atom. The molecule has 0 atom stereocenters. The Hall–Kier alpha value is -2.30. The first kappa shape index (κ1) is 13.1. The highest BCUT2D eigenvalue weighted by atomic mass is 16.5. The van der Waals surface area contributed by atoms with Gasteiger partial charge in [0.2, 0.25) is 0 Å². The Labute approximate surface area is 112 Å². The van der Waals surface area contributed by atoms with E-state index in [1.54, 1.807) is 22.9 Å². The predicted octanol–water partition coefficient (Wildman–Crippen LogP) is 2.61. The summed E-state index contributed by atoms with van der Waals surface area (Å²) in [5.41, 5.74) is 8.51. The third-order valence-electron chi connectivity index (χ3n) is 3.06. The van der Waals surface area contributed by atoms with E-state index in [0.717, 1.165) is 17.1 Å². The largest absolute Gasteiger partial charge is 0.453 e. The molecule has 0 amide bonds. The first-order valence-corrected chi connectivity index (χ1v) is 5.98. The number of anilines is 1. The molecule has 1 aromatic carbocycles. The van der Waals surface area contributed by atoms with Crippen LogP contribution in [-0.4, -0.2) is 15.6 Å². The van der Waals surface area contributed by atoms with Gasteiger partial charge >= 0.3 is 0 Å². The Balaban J connectivity index is 2.34. The first-order valence-electron chi connectivity index (χ1n) is 5.98. The zero-order valence-corrected chi connectivity index (χ0v) is 11.5. The minimum absolute atomic E-state index is 0.0576. The summed E-state index contributed by atoms with van der Waals surface area (Å²) >= 11 is 0. The average Bonchev–Trinajstić information content (AvgIpc) is 2.56. The molecule has 5 heteroatoms. The van der Waals surface area contributed by atoms with Gasteiger partial charge in [0.15, 0.2) is 11.5 Å². The Bertz CT molecular complexity index is 644. The topological polar surface area (TPSA) is 70.1 Å². The summed E-state index contributed by atoms with van der Waals surface area (Å²) in [5, 5.41) is 4.28. The van der Waals surface area contributed by atoms with Crippen LogP contribution in [0.15, 0.2) is 18.2 Å². The average molecular weight is 259 g/mol. The summed E-state index contributed by atoms with van der Waals surface area (Å²) < 4.78 is 7.56. The van der Waals surface area contributed by atoms with E-state index in [9.17, 15) is 4.79 Å². The van der Waals surface area contributed by atoms with E-state index >= 15 is 0 Å². The number of rotatable bonds is 3. The van der Waals surface area contributed by atoms with E-state index < -0.39 is 0 Å². The number of hydrogen-bond donors (Lipinski definition) is 1. The van der Waals surface area contributed by atoms with Crippen molar-refractivity contribution in [2.24, 2.45) is 7.05 Å². The molecular formula is C14H17N3O2. The van der Waals surface area contributed by atoms with Gasteiger partial charge in [-0.25, -0.2) is 0 Å². The lowest BCUT2D eigenvalue weighted by molar-refractivity contribution is 0.101. The van der Waals surface area contributed by atoms with Crippen LogP contribution >= 0.6 is 0 Å². The van der Waals surface area contributed by atoms with Crippen LogP contribution in [0.4, 0.5) is 5.69 Å². The molecule has 0 radical (unpaired) electrons. The van der Waals surface area contributed by atoms with Crippen LogP contribution in [-0.2, 0) is 7.05 Å². The van der Waals surface area contributed by atoms with Crippen LogP contribution in [0.2, 0.25) is 0 Å². The van der Waals surface area contributed by atoms with Crippen molar-refractivity contribution >= 4 is 11.5 Å². The van der Waals surface area contributed by atoms with Gasteiger partial charge in [0.05, 0.1) is 5.69 Å². The molecule has 0 fully saturated rings. The molecule has 0 aliphatic rings. The van der Waals surface area contributed by atoms with Gasteiger partial charge in [-0.05, 0) is 32.9 Å². The van der Waals surface area contributed by atoms with E-state index in [2.05, 4.69) is 5.10 Å². The van der Waals surface area contributed by atoms with Crippen molar-refractivity contribution in [1.82, 2.24) is 9.78 Å². The molecule has 0 aliphatic heterocycles. The molecule has 100 valence electrons. The lowest BCUT2D eigenvalue weighted by Crippen LogP contribution is -2.00. The van der Waals surface area contributed by atoms with Crippen LogP contribution < -0.4 is 10.5 Å². The Morgan fingerprint density at radius 3 is 2.53 bits per heavy atom. The number of nitrogens with zero attached hydrogens (tertiary/aromatic N) is 2. The van der Waals surface area contributed by atoms with Crippen molar-refractivity contribution in [2.45, 2.75) is 20.8 Å². The van der Waals surface area contributed by atoms with Gasteiger partial charge in [-0.1, -0.05) is 0 Å². The minimum Gasteiger partial charge on any atom is -0.453 e. The molecule has 0 aliphatic carbocycles. The fourth-order valence-corrected chi connectivity index (χ4v) is 1.94. The third kappa shape index (κ3) is 2.45. The van der Waals surface area contributed by atoms with Gasteiger partial charge < -0.3 is 10.5 Å². The van der Waals surface area contributed by atoms with Gasteiger partial charge in [0.25, 0.3) is 0 Å². The second-order valence-corrected chi connectivity index (χ2v) is 4.53. The molecule has 0 saturated heterocycles. The third-order valence-corrected chi connectivity index (χ3v) is 3.06. The molecule has 1 aromatic heterocycles. The van der Waals surface area contributed by atoms with Crippen LogP contribution in [0, 0.1) is 13.8 Å². The number of ketones is 1. The fraction of sp³-hybridized carbons (Fsp3) is 0.286. The SMILES string of the molecule is CC(=O)c1ccc(Oc2c(C)nn(C)c2C)cc1N. The molecule has 2 aromatic rings. The van der Waals surface area contributed by atoms with Gasteiger partial charge in [-0.15, -0.1) is 0 Å². The maximum absolute atomic E-state index is 11.3. The van der Waals surface area contributed by atoms with Gasteiger partial charge in [-0.2, -0.15) is 5.10 Å². The number of carbonyl (C=O) groups excluding carboxylic acids is 1. The second kappa shape index (κ2) is 4.76. The minimum atomic E-state index is -0.0576. The number of nitrogens with two attached hydrogens (primary N) is 1. The summed E-state index contributed by atoms with van der Waals surface area (Å²) in [6.45, 7) is 5.31. The van der Waals surface area contributed by atoms with Crippen molar-refractivity contribution < 1.29 is 9.53 Å². The number of carbonyl (C=O) groups is 1. The van der Waals surface area contributed by atoms with E-state index in [1.807, 2.05) is 20.9 Å². The van der Waals surface area contributed by atoms with E-state index in [4.69, 9.17) is 10.5 Å². The van der Waals surface area contributed by atoms with E-state index in [0.29, 0.717) is 17.0 Å². The highest BCUT2D eigenvalue weighted by Gasteiger charge is 2.13. The first-order chi connectivity index (χ1) is 8.90. The second-order valence-electron chi connectivity index (χ2n) is 4.53. The number of ether oxygens (including phenoxy) is 1. The monoisotopic (exact) mass is 259 g/mol. The van der Waals surface area contributed by atoms with E-state index in [-0.39, 0.29) is 5.78 Å². The van der Waals surface area contributed by atoms with E-state index in [1.165, 1.54) is 6.92 Å². The van der Waals surface area contributed by atoms with Crippen molar-refractivity contribution in [1.29, 1.82) is 0 Å². The summed E-state index contributed by atoms with van der Waals surface area (Å²) in [4.78, 5) is 11.3. The maximum atomic E-state index is 11.3. The van der Waals surface area contributed by atoms with Gasteiger partial charge in [0, 0.05) is 24.4 Å². The summed E-state index contributed by atoms with van der Waals surface area (Å²) in [5.74, 6) is 1.26. The van der Waals surface area contributed by atoms with Crippen molar-refractivity contribution in [3.63, 3.8) is 0 Å². The Kier molecular flexibility index (Phi) is 3.29. The number of nitrogen functional groups attached to an aromatic ring is 1. The number of aryl methyl sites for hydroxylation is 2. The zero-order valence-electron chi connectivity index (χ0n) is 11.5.